The van der Waals surface area contributed by atoms with Crippen molar-refractivity contribution in [3.63, 3.8) is 0 Å². The lowest BCUT2D eigenvalue weighted by Crippen LogP contribution is -2.17. The van der Waals surface area contributed by atoms with E-state index in [4.69, 9.17) is 11.6 Å². The van der Waals surface area contributed by atoms with Gasteiger partial charge in [0.15, 0.2) is 0 Å². The average Bonchev–Trinajstić information content (AvgIpc) is 2.25. The van der Waals surface area contributed by atoms with E-state index < -0.39 is 0 Å². The maximum atomic E-state index is 11.8. The van der Waals surface area contributed by atoms with Crippen molar-refractivity contribution in [3.05, 3.63) is 61.9 Å². The molecule has 1 heterocycles. The summed E-state index contributed by atoms with van der Waals surface area (Å²) in [5.74, 6) is 0. The molecule has 2 rings (SSSR count). The van der Waals surface area contributed by atoms with Gasteiger partial charge in [-0.3, -0.25) is 9.36 Å². The Morgan fingerprint density at radius 1 is 1.25 bits per heavy atom. The molecule has 4 heteroatoms. The molecule has 0 radical (unpaired) electrons. The Morgan fingerprint density at radius 3 is 2.50 bits per heavy atom. The second-order valence-electron chi connectivity index (χ2n) is 3.49. The zero-order valence-corrected chi connectivity index (χ0v) is 10.9. The van der Waals surface area contributed by atoms with Crippen LogP contribution in [0, 0.1) is 6.92 Å². The monoisotopic (exact) mass is 297 g/mol. The second-order valence-corrected chi connectivity index (χ2v) is 4.78. The van der Waals surface area contributed by atoms with E-state index in [1.807, 2.05) is 19.1 Å². The highest BCUT2D eigenvalue weighted by molar-refractivity contribution is 9.10. The van der Waals surface area contributed by atoms with Gasteiger partial charge in [-0.05, 0) is 52.7 Å². The van der Waals surface area contributed by atoms with Crippen LogP contribution >= 0.6 is 27.5 Å². The first-order valence-electron chi connectivity index (χ1n) is 4.72. The first kappa shape index (κ1) is 11.4. The van der Waals surface area contributed by atoms with Crippen LogP contribution in [0.4, 0.5) is 0 Å². The number of aromatic nitrogens is 1. The van der Waals surface area contributed by atoms with E-state index in [1.54, 1.807) is 29.0 Å². The number of pyridine rings is 1. The molecule has 2 aromatic rings. The fourth-order valence-electron chi connectivity index (χ4n) is 1.41. The lowest BCUT2D eigenvalue weighted by Gasteiger charge is -2.07. The third kappa shape index (κ3) is 2.20. The van der Waals surface area contributed by atoms with E-state index in [9.17, 15) is 4.79 Å². The molecule has 0 bridgehead atoms. The highest BCUT2D eigenvalue weighted by atomic mass is 79.9. The number of aryl methyl sites for hydroxylation is 1. The molecule has 0 aliphatic carbocycles. The molecule has 0 spiro atoms. The van der Waals surface area contributed by atoms with Gasteiger partial charge in [-0.25, -0.2) is 0 Å². The molecule has 0 saturated heterocycles. The molecule has 0 atom stereocenters. The lowest BCUT2D eigenvalue weighted by atomic mass is 10.2. The van der Waals surface area contributed by atoms with Crippen LogP contribution < -0.4 is 5.56 Å². The van der Waals surface area contributed by atoms with Gasteiger partial charge >= 0.3 is 0 Å². The van der Waals surface area contributed by atoms with Crippen LogP contribution in [0.15, 0.2) is 45.8 Å². The van der Waals surface area contributed by atoms with Gasteiger partial charge < -0.3 is 0 Å². The Morgan fingerprint density at radius 2 is 1.88 bits per heavy atom. The quantitative estimate of drug-likeness (QED) is 0.789. The number of nitrogens with zero attached hydrogens (tertiary/aromatic N) is 1. The predicted molar refractivity (Wildman–Crippen MR) is 69.5 cm³/mol. The SMILES string of the molecule is Cc1cc(=O)n(-c2ccc(Cl)cc2)cc1Br. The summed E-state index contributed by atoms with van der Waals surface area (Å²) < 4.78 is 2.48. The van der Waals surface area contributed by atoms with Gasteiger partial charge in [0.05, 0.1) is 0 Å². The zero-order valence-electron chi connectivity index (χ0n) is 8.58. The summed E-state index contributed by atoms with van der Waals surface area (Å²) in [5.41, 5.74) is 1.67. The van der Waals surface area contributed by atoms with Crippen molar-refractivity contribution < 1.29 is 0 Å². The highest BCUT2D eigenvalue weighted by Crippen LogP contribution is 2.16. The molecule has 16 heavy (non-hydrogen) atoms. The summed E-state index contributed by atoms with van der Waals surface area (Å²) in [7, 11) is 0. The molecule has 0 unspecified atom stereocenters. The summed E-state index contributed by atoms with van der Waals surface area (Å²) in [6, 6.07) is 8.74. The van der Waals surface area contributed by atoms with Gasteiger partial charge in [-0.15, -0.1) is 0 Å². The van der Waals surface area contributed by atoms with Crippen LogP contribution in [0.25, 0.3) is 5.69 Å². The number of rotatable bonds is 1. The summed E-state index contributed by atoms with van der Waals surface area (Å²) >= 11 is 9.20. The maximum Gasteiger partial charge on any atom is 0.255 e. The van der Waals surface area contributed by atoms with E-state index in [-0.39, 0.29) is 5.56 Å². The van der Waals surface area contributed by atoms with Crippen LogP contribution in [0.2, 0.25) is 5.02 Å². The summed E-state index contributed by atoms with van der Waals surface area (Å²) in [6.07, 6.45) is 1.76. The molecular formula is C12H9BrClNO. The summed E-state index contributed by atoms with van der Waals surface area (Å²) in [6.45, 7) is 1.89. The van der Waals surface area contributed by atoms with Crippen LogP contribution in [-0.2, 0) is 0 Å². The molecule has 0 aliphatic heterocycles. The van der Waals surface area contributed by atoms with Crippen molar-refractivity contribution in [2.24, 2.45) is 0 Å². The maximum absolute atomic E-state index is 11.8. The number of hydrogen-bond donors (Lipinski definition) is 0. The topological polar surface area (TPSA) is 22.0 Å². The van der Waals surface area contributed by atoms with E-state index in [2.05, 4.69) is 15.9 Å². The normalized spacial score (nSPS) is 10.4. The highest BCUT2D eigenvalue weighted by Gasteiger charge is 2.03. The van der Waals surface area contributed by atoms with Gasteiger partial charge in [0.1, 0.15) is 0 Å². The Kier molecular flexibility index (Phi) is 3.17. The molecule has 1 aromatic heterocycles. The molecule has 82 valence electrons. The number of hydrogen-bond acceptors (Lipinski definition) is 1. The van der Waals surface area contributed by atoms with Crippen molar-refractivity contribution in [1.29, 1.82) is 0 Å². The minimum atomic E-state index is -0.0528. The van der Waals surface area contributed by atoms with Crippen molar-refractivity contribution in [3.8, 4) is 5.69 Å². The summed E-state index contributed by atoms with van der Waals surface area (Å²) in [4.78, 5) is 11.8. The Hall–Kier alpha value is -1.06. The number of halogens is 2. The minimum absolute atomic E-state index is 0.0528. The van der Waals surface area contributed by atoms with Crippen LogP contribution in [0.3, 0.4) is 0 Å². The van der Waals surface area contributed by atoms with Gasteiger partial charge in [-0.2, -0.15) is 0 Å². The molecule has 0 aliphatic rings. The standard InChI is InChI=1S/C12H9BrClNO/c1-8-6-12(16)15(7-11(8)13)10-4-2-9(14)3-5-10/h2-7H,1H3. The molecular weight excluding hydrogens is 289 g/mol. The van der Waals surface area contributed by atoms with Gasteiger partial charge in [-0.1, -0.05) is 11.6 Å². The molecule has 0 saturated carbocycles. The molecule has 0 fully saturated rings. The van der Waals surface area contributed by atoms with Crippen molar-refractivity contribution >= 4 is 27.5 Å². The van der Waals surface area contributed by atoms with E-state index >= 15 is 0 Å². The van der Waals surface area contributed by atoms with E-state index in [0.29, 0.717) is 5.02 Å². The van der Waals surface area contributed by atoms with Crippen LogP contribution in [0.5, 0.6) is 0 Å². The summed E-state index contributed by atoms with van der Waals surface area (Å²) in [5, 5.41) is 0.656. The number of benzene rings is 1. The van der Waals surface area contributed by atoms with Crippen molar-refractivity contribution in [1.82, 2.24) is 4.57 Å². The van der Waals surface area contributed by atoms with Crippen molar-refractivity contribution in [2.75, 3.05) is 0 Å². The molecule has 0 N–H and O–H groups in total. The van der Waals surface area contributed by atoms with Gasteiger partial charge in [0.25, 0.3) is 5.56 Å². The fraction of sp³-hybridized carbons (Fsp3) is 0.0833. The van der Waals surface area contributed by atoms with Crippen LogP contribution in [0.1, 0.15) is 5.56 Å². The Balaban J connectivity index is 2.60. The average molecular weight is 299 g/mol. The molecule has 0 amide bonds. The van der Waals surface area contributed by atoms with Gasteiger partial charge in [0.2, 0.25) is 0 Å². The Bertz CT molecular complexity index is 575. The largest absolute Gasteiger partial charge is 0.283 e. The third-order valence-corrected chi connectivity index (χ3v) is 3.38. The second kappa shape index (κ2) is 4.44. The van der Waals surface area contributed by atoms with Gasteiger partial charge in [0, 0.05) is 27.4 Å². The first-order chi connectivity index (χ1) is 7.58. The smallest absolute Gasteiger partial charge is 0.255 e. The molecule has 2 nitrogen and oxygen atoms in total. The van der Waals surface area contributed by atoms with Crippen molar-refractivity contribution in [2.45, 2.75) is 6.92 Å². The minimum Gasteiger partial charge on any atom is -0.283 e. The first-order valence-corrected chi connectivity index (χ1v) is 5.90. The van der Waals surface area contributed by atoms with E-state index in [1.165, 1.54) is 0 Å². The fourth-order valence-corrected chi connectivity index (χ4v) is 1.85. The predicted octanol–water partition coefficient (Wildman–Crippen LogP) is 3.56. The van der Waals surface area contributed by atoms with E-state index in [0.717, 1.165) is 15.7 Å². The zero-order chi connectivity index (χ0) is 11.7. The molecule has 1 aromatic carbocycles. The van der Waals surface area contributed by atoms with Crippen LogP contribution in [-0.4, -0.2) is 4.57 Å². The third-order valence-electron chi connectivity index (χ3n) is 2.30. The Labute approximate surface area is 107 Å². The lowest BCUT2D eigenvalue weighted by molar-refractivity contribution is 0.974.